The Hall–Kier alpha value is -2.52. The highest BCUT2D eigenvalue weighted by atomic mass is 32.2. The van der Waals surface area contributed by atoms with E-state index in [1.165, 1.54) is 30.3 Å². The van der Waals surface area contributed by atoms with E-state index < -0.39 is 9.84 Å². The molecule has 21 heavy (non-hydrogen) atoms. The van der Waals surface area contributed by atoms with Gasteiger partial charge in [0, 0.05) is 6.07 Å². The normalized spacial score (nSPS) is 10.8. The van der Waals surface area contributed by atoms with Gasteiger partial charge in [-0.3, -0.25) is 0 Å². The molecule has 0 aliphatic heterocycles. The summed E-state index contributed by atoms with van der Waals surface area (Å²) in [6.45, 7) is -0.0391. The molecule has 2 aromatic rings. The van der Waals surface area contributed by atoms with Crippen molar-refractivity contribution in [3.8, 4) is 17.6 Å². The lowest BCUT2D eigenvalue weighted by Crippen LogP contribution is -2.14. The molecule has 0 amide bonds. The van der Waals surface area contributed by atoms with Crippen molar-refractivity contribution in [3.63, 3.8) is 0 Å². The third-order valence-electron chi connectivity index (χ3n) is 2.76. The molecule has 0 heterocycles. The molecular formula is C15H13NO4S. The van der Waals surface area contributed by atoms with Crippen LogP contribution in [0, 0.1) is 11.3 Å². The molecule has 2 rings (SSSR count). The van der Waals surface area contributed by atoms with Crippen LogP contribution in [0.4, 0.5) is 0 Å². The molecule has 2 aromatic carbocycles. The Kier molecular flexibility index (Phi) is 4.45. The van der Waals surface area contributed by atoms with Gasteiger partial charge in [-0.2, -0.15) is 5.26 Å². The molecule has 0 fully saturated rings. The van der Waals surface area contributed by atoms with Crippen LogP contribution in [0.1, 0.15) is 5.56 Å². The largest absolute Gasteiger partial charge is 0.508 e. The van der Waals surface area contributed by atoms with E-state index in [4.69, 9.17) is 10.00 Å². The van der Waals surface area contributed by atoms with Crippen molar-refractivity contribution in [2.45, 2.75) is 4.90 Å². The van der Waals surface area contributed by atoms with Crippen LogP contribution in [0.3, 0.4) is 0 Å². The Morgan fingerprint density at radius 3 is 2.62 bits per heavy atom. The van der Waals surface area contributed by atoms with Gasteiger partial charge in [-0.1, -0.05) is 12.1 Å². The van der Waals surface area contributed by atoms with Gasteiger partial charge in [0.2, 0.25) is 0 Å². The van der Waals surface area contributed by atoms with Crippen molar-refractivity contribution in [1.82, 2.24) is 0 Å². The topological polar surface area (TPSA) is 87.4 Å². The van der Waals surface area contributed by atoms with Gasteiger partial charge >= 0.3 is 0 Å². The van der Waals surface area contributed by atoms with Gasteiger partial charge < -0.3 is 9.84 Å². The number of ether oxygens (including phenoxy) is 1. The molecule has 0 aliphatic rings. The Morgan fingerprint density at radius 2 is 1.90 bits per heavy atom. The lowest BCUT2D eigenvalue weighted by Gasteiger charge is -2.07. The fourth-order valence-electron chi connectivity index (χ4n) is 1.72. The quantitative estimate of drug-likeness (QED) is 0.914. The monoisotopic (exact) mass is 303 g/mol. The summed E-state index contributed by atoms with van der Waals surface area (Å²) in [7, 11) is -3.51. The molecule has 5 nitrogen and oxygen atoms in total. The number of phenols is 1. The first-order chi connectivity index (χ1) is 10.0. The molecule has 0 spiro atoms. The van der Waals surface area contributed by atoms with Crippen molar-refractivity contribution in [2.75, 3.05) is 12.4 Å². The van der Waals surface area contributed by atoms with Crippen molar-refractivity contribution in [2.24, 2.45) is 0 Å². The van der Waals surface area contributed by atoms with Crippen LogP contribution in [0.15, 0.2) is 53.4 Å². The van der Waals surface area contributed by atoms with Gasteiger partial charge in [0.1, 0.15) is 18.1 Å². The summed E-state index contributed by atoms with van der Waals surface area (Å²) in [5, 5.41) is 18.1. The van der Waals surface area contributed by atoms with Crippen LogP contribution >= 0.6 is 0 Å². The minimum atomic E-state index is -3.51. The summed E-state index contributed by atoms with van der Waals surface area (Å²) in [5.74, 6) is 0.241. The Labute approximate surface area is 123 Å². The zero-order valence-electron chi connectivity index (χ0n) is 11.1. The highest BCUT2D eigenvalue weighted by Crippen LogP contribution is 2.18. The molecule has 0 aromatic heterocycles. The number of benzene rings is 2. The number of nitriles is 1. The average Bonchev–Trinajstić information content (AvgIpc) is 2.47. The SMILES string of the molecule is N#Cc1cccc(S(=O)(=O)CCOc2cccc(O)c2)c1. The molecule has 0 unspecified atom stereocenters. The highest BCUT2D eigenvalue weighted by molar-refractivity contribution is 7.91. The number of nitrogens with zero attached hydrogens (tertiary/aromatic N) is 1. The molecule has 0 saturated heterocycles. The van der Waals surface area contributed by atoms with Crippen LogP contribution in [0.5, 0.6) is 11.5 Å². The lowest BCUT2D eigenvalue weighted by molar-refractivity contribution is 0.338. The van der Waals surface area contributed by atoms with Crippen LogP contribution in [0.2, 0.25) is 0 Å². The number of hydrogen-bond acceptors (Lipinski definition) is 5. The van der Waals surface area contributed by atoms with Gasteiger partial charge in [-0.15, -0.1) is 0 Å². The summed E-state index contributed by atoms with van der Waals surface area (Å²) < 4.78 is 29.5. The average molecular weight is 303 g/mol. The van der Waals surface area contributed by atoms with E-state index >= 15 is 0 Å². The zero-order valence-corrected chi connectivity index (χ0v) is 11.9. The Bertz CT molecular complexity index is 778. The summed E-state index contributed by atoms with van der Waals surface area (Å²) in [4.78, 5) is 0.0982. The molecule has 0 saturated carbocycles. The van der Waals surface area contributed by atoms with E-state index in [1.807, 2.05) is 6.07 Å². The predicted octanol–water partition coefficient (Wildman–Crippen LogP) is 2.12. The van der Waals surface area contributed by atoms with Crippen molar-refractivity contribution in [3.05, 3.63) is 54.1 Å². The molecular weight excluding hydrogens is 290 g/mol. The van der Waals surface area contributed by atoms with E-state index in [9.17, 15) is 13.5 Å². The summed E-state index contributed by atoms with van der Waals surface area (Å²) in [6, 6.07) is 13.9. The van der Waals surface area contributed by atoms with E-state index in [1.54, 1.807) is 18.2 Å². The zero-order chi connectivity index (χ0) is 15.3. The van der Waals surface area contributed by atoms with Crippen LogP contribution in [-0.2, 0) is 9.84 Å². The fourth-order valence-corrected chi connectivity index (χ4v) is 2.85. The van der Waals surface area contributed by atoms with Crippen LogP contribution in [-0.4, -0.2) is 25.9 Å². The van der Waals surface area contributed by atoms with Crippen molar-refractivity contribution < 1.29 is 18.3 Å². The first-order valence-electron chi connectivity index (χ1n) is 6.16. The molecule has 0 aliphatic carbocycles. The number of sulfone groups is 1. The second-order valence-electron chi connectivity index (χ2n) is 4.30. The van der Waals surface area contributed by atoms with E-state index in [2.05, 4.69) is 0 Å². The molecule has 0 bridgehead atoms. The number of hydrogen-bond donors (Lipinski definition) is 1. The maximum absolute atomic E-state index is 12.1. The Morgan fingerprint density at radius 1 is 1.14 bits per heavy atom. The molecule has 0 radical (unpaired) electrons. The number of aromatic hydroxyl groups is 1. The maximum Gasteiger partial charge on any atom is 0.181 e. The van der Waals surface area contributed by atoms with Crippen LogP contribution < -0.4 is 4.74 Å². The fraction of sp³-hybridized carbons (Fsp3) is 0.133. The van der Waals surface area contributed by atoms with Gasteiger partial charge in [-0.25, -0.2) is 8.42 Å². The lowest BCUT2D eigenvalue weighted by atomic mass is 10.2. The van der Waals surface area contributed by atoms with E-state index in [0.717, 1.165) is 0 Å². The van der Waals surface area contributed by atoms with Crippen LogP contribution in [0.25, 0.3) is 0 Å². The van der Waals surface area contributed by atoms with Crippen molar-refractivity contribution >= 4 is 9.84 Å². The minimum absolute atomic E-state index is 0.0391. The highest BCUT2D eigenvalue weighted by Gasteiger charge is 2.15. The maximum atomic E-state index is 12.1. The number of phenolic OH excluding ortho intramolecular Hbond substituents is 1. The smallest absolute Gasteiger partial charge is 0.181 e. The second-order valence-corrected chi connectivity index (χ2v) is 6.41. The van der Waals surface area contributed by atoms with Crippen molar-refractivity contribution in [1.29, 1.82) is 5.26 Å². The molecule has 1 N–H and O–H groups in total. The summed E-state index contributed by atoms with van der Waals surface area (Å²) >= 11 is 0. The summed E-state index contributed by atoms with van der Waals surface area (Å²) in [6.07, 6.45) is 0. The summed E-state index contributed by atoms with van der Waals surface area (Å²) in [5.41, 5.74) is 0.296. The van der Waals surface area contributed by atoms with Gasteiger partial charge in [0.05, 0.1) is 22.3 Å². The third kappa shape index (κ3) is 3.97. The van der Waals surface area contributed by atoms with Gasteiger partial charge in [0.25, 0.3) is 0 Å². The first kappa shape index (κ1) is 14.9. The van der Waals surface area contributed by atoms with Gasteiger partial charge in [0.15, 0.2) is 9.84 Å². The Balaban J connectivity index is 2.03. The molecule has 0 atom stereocenters. The standard InChI is InChI=1S/C15H13NO4S/c16-11-12-3-1-6-15(9-12)21(18,19)8-7-20-14-5-2-4-13(17)10-14/h1-6,9-10,17H,7-8H2. The molecule has 6 heteroatoms. The first-order valence-corrected chi connectivity index (χ1v) is 7.81. The van der Waals surface area contributed by atoms with E-state index in [0.29, 0.717) is 11.3 Å². The minimum Gasteiger partial charge on any atom is -0.508 e. The third-order valence-corrected chi connectivity index (χ3v) is 4.44. The molecule has 108 valence electrons. The van der Waals surface area contributed by atoms with E-state index in [-0.39, 0.29) is 23.0 Å². The number of rotatable bonds is 5. The second kappa shape index (κ2) is 6.29. The predicted molar refractivity (Wildman–Crippen MR) is 76.8 cm³/mol. The van der Waals surface area contributed by atoms with Gasteiger partial charge in [-0.05, 0) is 30.3 Å².